The van der Waals surface area contributed by atoms with Gasteiger partial charge in [-0.2, -0.15) is 0 Å². The Morgan fingerprint density at radius 2 is 1.82 bits per heavy atom. The summed E-state index contributed by atoms with van der Waals surface area (Å²) in [5.41, 5.74) is 6.27. The van der Waals surface area contributed by atoms with Gasteiger partial charge in [0.05, 0.1) is 37.3 Å². The van der Waals surface area contributed by atoms with Gasteiger partial charge in [-0.3, -0.25) is 21.0 Å². The quantitative estimate of drug-likeness (QED) is 0.345. The minimum atomic E-state index is 0.0392. The van der Waals surface area contributed by atoms with Crippen LogP contribution in [0, 0.1) is 5.92 Å². The molecule has 0 spiro atoms. The van der Waals surface area contributed by atoms with Crippen molar-refractivity contribution in [2.45, 2.75) is 75.6 Å². The molecule has 11 heteroatoms. The van der Waals surface area contributed by atoms with Crippen LogP contribution in [-0.4, -0.2) is 123 Å². The molecular weight excluding hydrogens is 494 g/mol. The number of nitrogens with one attached hydrogen (secondary N) is 5. The van der Waals surface area contributed by atoms with E-state index >= 15 is 0 Å². The first-order valence-corrected chi connectivity index (χ1v) is 15.2. The lowest BCUT2D eigenvalue weighted by Gasteiger charge is -2.43. The lowest BCUT2D eigenvalue weighted by atomic mass is 9.88. The van der Waals surface area contributed by atoms with E-state index in [2.05, 4.69) is 86.4 Å². The summed E-state index contributed by atoms with van der Waals surface area (Å²) in [6.07, 6.45) is 6.26. The van der Waals surface area contributed by atoms with Crippen molar-refractivity contribution in [1.82, 2.24) is 46.1 Å². The van der Waals surface area contributed by atoms with E-state index in [1.165, 1.54) is 11.3 Å². The monoisotopic (exact) mass is 545 g/mol. The second-order valence-electron chi connectivity index (χ2n) is 12.5. The molecule has 8 atom stereocenters. The number of aromatic nitrogens is 1. The van der Waals surface area contributed by atoms with Gasteiger partial charge in [0, 0.05) is 90.1 Å². The van der Waals surface area contributed by atoms with E-state index < -0.39 is 0 Å². The zero-order valence-electron chi connectivity index (χ0n) is 24.4. The summed E-state index contributed by atoms with van der Waals surface area (Å²) in [4.78, 5) is 5.00. The number of fused-ring (bicyclic) bond motifs is 6. The number of piperidine rings is 1. The Bertz CT molecular complexity index is 938. The highest BCUT2D eigenvalue weighted by Crippen LogP contribution is 2.31. The average Bonchev–Trinajstić information content (AvgIpc) is 3.47. The van der Waals surface area contributed by atoms with Crippen LogP contribution in [0.5, 0.6) is 0 Å². The lowest BCUT2D eigenvalue weighted by Crippen LogP contribution is -2.66. The van der Waals surface area contributed by atoms with Gasteiger partial charge in [-0.25, -0.2) is 5.01 Å². The van der Waals surface area contributed by atoms with Crippen LogP contribution in [0.25, 0.3) is 0 Å². The number of rotatable bonds is 3. The molecule has 1 aromatic heterocycles. The molecule has 1 aromatic rings. The van der Waals surface area contributed by atoms with Crippen molar-refractivity contribution in [2.24, 2.45) is 13.0 Å². The average molecular weight is 546 g/mol. The Kier molecular flexibility index (Phi) is 8.91. The van der Waals surface area contributed by atoms with E-state index in [1.54, 1.807) is 0 Å². The number of hydrogen-bond donors (Lipinski definition) is 5. The molecule has 5 aliphatic rings. The fourth-order valence-corrected chi connectivity index (χ4v) is 7.08. The van der Waals surface area contributed by atoms with Gasteiger partial charge in [-0.15, -0.1) is 0 Å². The number of nitrogens with zero attached hydrogens (tertiary/aromatic N) is 4. The van der Waals surface area contributed by atoms with E-state index in [4.69, 9.17) is 9.47 Å². The van der Waals surface area contributed by atoms with Crippen LogP contribution in [0.3, 0.4) is 0 Å². The smallest absolute Gasteiger partial charge is 0.129 e. The maximum Gasteiger partial charge on any atom is 0.129 e. The van der Waals surface area contributed by atoms with E-state index in [1.807, 2.05) is 0 Å². The first-order chi connectivity index (χ1) is 18.9. The Morgan fingerprint density at radius 1 is 0.974 bits per heavy atom. The maximum absolute atomic E-state index is 6.84. The number of aryl methyl sites for hydroxylation is 1. The van der Waals surface area contributed by atoms with Crippen molar-refractivity contribution in [3.8, 4) is 0 Å². The van der Waals surface area contributed by atoms with E-state index in [0.29, 0.717) is 18.4 Å². The molecule has 39 heavy (non-hydrogen) atoms. The molecule has 5 N–H and O–H groups in total. The van der Waals surface area contributed by atoms with Gasteiger partial charge >= 0.3 is 0 Å². The Hall–Kier alpha value is -1.12. The molecule has 0 aliphatic carbocycles. The van der Waals surface area contributed by atoms with Crippen molar-refractivity contribution in [2.75, 3.05) is 66.5 Å². The molecule has 7 unspecified atom stereocenters. The molecule has 0 amide bonds. The lowest BCUT2D eigenvalue weighted by molar-refractivity contribution is -0.0966. The van der Waals surface area contributed by atoms with E-state index in [9.17, 15) is 0 Å². The number of hydrazine groups is 1. The highest BCUT2D eigenvalue weighted by Gasteiger charge is 2.41. The van der Waals surface area contributed by atoms with Crippen molar-refractivity contribution >= 4 is 0 Å². The van der Waals surface area contributed by atoms with Crippen LogP contribution in [0.1, 0.15) is 43.4 Å². The van der Waals surface area contributed by atoms with Gasteiger partial charge in [0.25, 0.3) is 0 Å². The van der Waals surface area contributed by atoms with Gasteiger partial charge in [-0.1, -0.05) is 0 Å². The summed E-state index contributed by atoms with van der Waals surface area (Å²) in [5, 5.41) is 17.4. The third kappa shape index (κ3) is 6.53. The largest absolute Gasteiger partial charge is 0.374 e. The number of likely N-dealkylation sites (N-methyl/N-ethyl adjacent to an activating group) is 1. The summed E-state index contributed by atoms with van der Waals surface area (Å²) in [6.45, 7) is 11.3. The minimum Gasteiger partial charge on any atom is -0.374 e. The molecule has 5 saturated heterocycles. The second-order valence-corrected chi connectivity index (χ2v) is 12.5. The van der Waals surface area contributed by atoms with Crippen molar-refractivity contribution in [3.05, 3.63) is 23.5 Å². The number of ether oxygens (including phenoxy) is 2. The van der Waals surface area contributed by atoms with Crippen LogP contribution in [0.4, 0.5) is 0 Å². The van der Waals surface area contributed by atoms with Crippen LogP contribution < -0.4 is 26.7 Å². The molecule has 5 aliphatic heterocycles. The Labute approximate surface area is 234 Å². The van der Waals surface area contributed by atoms with Gasteiger partial charge in [0.1, 0.15) is 6.23 Å². The zero-order valence-corrected chi connectivity index (χ0v) is 24.4. The summed E-state index contributed by atoms with van der Waals surface area (Å²) < 4.78 is 15.6. The van der Waals surface area contributed by atoms with Gasteiger partial charge in [0.2, 0.25) is 0 Å². The highest BCUT2D eigenvalue weighted by atomic mass is 16.5. The van der Waals surface area contributed by atoms with Crippen LogP contribution >= 0.6 is 0 Å². The minimum absolute atomic E-state index is 0.0392. The first-order valence-electron chi connectivity index (χ1n) is 15.2. The Balaban J connectivity index is 1.16. The van der Waals surface area contributed by atoms with Crippen LogP contribution in [0.2, 0.25) is 0 Å². The summed E-state index contributed by atoms with van der Waals surface area (Å²) in [5.74, 6) is 0.670. The van der Waals surface area contributed by atoms with Gasteiger partial charge in [0.15, 0.2) is 0 Å². The molecule has 0 aromatic carbocycles. The predicted molar refractivity (Wildman–Crippen MR) is 152 cm³/mol. The molecule has 0 radical (unpaired) electrons. The molecule has 11 nitrogen and oxygen atoms in total. The number of piperazine rings is 1. The third-order valence-corrected chi connectivity index (χ3v) is 9.59. The first kappa shape index (κ1) is 28.0. The zero-order chi connectivity index (χ0) is 26.9. The number of hydrogen-bond acceptors (Lipinski definition) is 10. The summed E-state index contributed by atoms with van der Waals surface area (Å²) in [6, 6.07) is 2.43. The van der Waals surface area contributed by atoms with E-state index in [0.717, 1.165) is 71.6 Å². The topological polar surface area (TPSA) is 93.3 Å². The molecule has 6 rings (SSSR count). The fraction of sp³-hybridized carbons (Fsp3) is 0.857. The fourth-order valence-electron chi connectivity index (χ4n) is 7.08. The van der Waals surface area contributed by atoms with E-state index in [-0.39, 0.29) is 36.9 Å². The molecular formula is C28H51N9O2. The third-order valence-electron chi connectivity index (χ3n) is 9.59. The molecule has 6 heterocycles. The SMILES string of the molecule is C[C@H]1CCOC2C(CNN2C)C2NCCC(NC3CC(O1)C(c1cc(CN4CCN(C)CC4)n(C)c1)CN3)N2. The van der Waals surface area contributed by atoms with Crippen molar-refractivity contribution in [3.63, 3.8) is 0 Å². The summed E-state index contributed by atoms with van der Waals surface area (Å²) >= 11 is 0. The van der Waals surface area contributed by atoms with Gasteiger partial charge in [-0.05, 0) is 45.0 Å². The summed E-state index contributed by atoms with van der Waals surface area (Å²) in [7, 11) is 6.50. The normalized spacial score (nSPS) is 39.8. The van der Waals surface area contributed by atoms with Crippen molar-refractivity contribution in [1.29, 1.82) is 0 Å². The standard InChI is InChI=1S/C28H51N9O2/c1-19-6-12-38-28-23(16-31-36(28)4)27-29-7-5-25(33-27)32-26-14-24(39-19)22(15-30-26)20-13-21(35(3)17-20)18-37-10-8-34(2)9-11-37/h13,17,19,22-33H,5-12,14-16,18H2,1-4H3/t19-,22?,23?,24?,25?,26?,27?,28?/m0/s1. The molecule has 5 fully saturated rings. The van der Waals surface area contributed by atoms with Crippen LogP contribution in [0.15, 0.2) is 12.3 Å². The molecule has 220 valence electrons. The molecule has 4 bridgehead atoms. The Morgan fingerprint density at radius 3 is 2.67 bits per heavy atom. The van der Waals surface area contributed by atoms with Gasteiger partial charge < -0.3 is 29.6 Å². The predicted octanol–water partition coefficient (Wildman–Crippen LogP) is -0.413. The van der Waals surface area contributed by atoms with Crippen LogP contribution in [-0.2, 0) is 23.1 Å². The molecule has 0 saturated carbocycles. The second kappa shape index (κ2) is 12.4. The van der Waals surface area contributed by atoms with Crippen molar-refractivity contribution < 1.29 is 9.47 Å². The maximum atomic E-state index is 6.84. The highest BCUT2D eigenvalue weighted by molar-refractivity contribution is 5.25.